The lowest BCUT2D eigenvalue weighted by molar-refractivity contribution is -0.388. The summed E-state index contributed by atoms with van der Waals surface area (Å²) >= 11 is 0. The lowest BCUT2D eigenvalue weighted by Gasteiger charge is -2.33. The summed E-state index contributed by atoms with van der Waals surface area (Å²) in [5, 5.41) is 0.816. The molecule has 4 nitrogen and oxygen atoms in total. The van der Waals surface area contributed by atoms with Crippen LogP contribution in [0.2, 0.25) is 0 Å². The van der Waals surface area contributed by atoms with Gasteiger partial charge in [0.05, 0.1) is 0 Å². The number of halogens is 18. The zero-order valence-electron chi connectivity index (χ0n) is 15.0. The van der Waals surface area contributed by atoms with Crippen molar-refractivity contribution >= 4 is 11.8 Å². The molecule has 0 aliphatic heterocycles. The van der Waals surface area contributed by atoms with Gasteiger partial charge in [-0.3, -0.25) is 9.59 Å². The van der Waals surface area contributed by atoms with Gasteiger partial charge in [-0.15, -0.1) is 0 Å². The third kappa shape index (κ3) is 4.89. The first-order valence-corrected chi connectivity index (χ1v) is 7.52. The Morgan fingerprint density at radius 2 is 0.618 bits per heavy atom. The van der Waals surface area contributed by atoms with E-state index in [1.165, 1.54) is 0 Å². The topological polar surface area (TPSA) is 58.2 Å². The fraction of sp³-hybridized carbons (Fsp3) is 0.833. The fourth-order valence-electron chi connectivity index (χ4n) is 1.61. The molecule has 0 spiro atoms. The van der Waals surface area contributed by atoms with Gasteiger partial charge in [-0.25, -0.2) is 0 Å². The highest BCUT2D eigenvalue weighted by atomic mass is 19.4. The molecular weight excluding hydrogens is 546 g/mol. The van der Waals surface area contributed by atoms with Crippen LogP contribution < -0.4 is 10.6 Å². The van der Waals surface area contributed by atoms with Crippen molar-refractivity contribution in [2.45, 2.75) is 47.9 Å². The van der Waals surface area contributed by atoms with Gasteiger partial charge in [-0.05, 0) is 0 Å². The molecule has 0 fully saturated rings. The molecule has 0 aromatic heterocycles. The maximum Gasteiger partial charge on any atom is 0.460 e. The third-order valence-corrected chi connectivity index (χ3v) is 3.56. The Kier molecular flexibility index (Phi) is 8.12. The number of rotatable bonds is 9. The van der Waals surface area contributed by atoms with Crippen molar-refractivity contribution in [3.05, 3.63) is 0 Å². The van der Waals surface area contributed by atoms with Gasteiger partial charge in [0.1, 0.15) is 0 Å². The predicted molar refractivity (Wildman–Crippen MR) is 67.8 cm³/mol. The molecule has 0 saturated heterocycles. The van der Waals surface area contributed by atoms with Gasteiger partial charge in [0, 0.05) is 13.1 Å². The van der Waals surface area contributed by atoms with E-state index in [-0.39, 0.29) is 0 Å². The Bertz CT molecular complexity index is 704. The van der Waals surface area contributed by atoms with E-state index in [0.717, 1.165) is 0 Å². The summed E-state index contributed by atoms with van der Waals surface area (Å²) < 4.78 is 226. The molecule has 0 heterocycles. The van der Waals surface area contributed by atoms with Crippen LogP contribution >= 0.6 is 0 Å². The summed E-state index contributed by atoms with van der Waals surface area (Å²) in [6, 6.07) is 0. The summed E-state index contributed by atoms with van der Waals surface area (Å²) in [6.45, 7) is -3.82. The summed E-state index contributed by atoms with van der Waals surface area (Å²) in [5.41, 5.74) is 0. The van der Waals surface area contributed by atoms with Crippen molar-refractivity contribution in [1.29, 1.82) is 0 Å². The van der Waals surface area contributed by atoms with Crippen molar-refractivity contribution in [1.82, 2.24) is 10.6 Å². The van der Waals surface area contributed by atoms with Crippen LogP contribution in [0.5, 0.6) is 0 Å². The second kappa shape index (κ2) is 8.72. The molecule has 22 heteroatoms. The minimum atomic E-state index is -7.51. The molecule has 0 saturated carbocycles. The van der Waals surface area contributed by atoms with Crippen LogP contribution in [-0.4, -0.2) is 72.8 Å². The van der Waals surface area contributed by atoms with Crippen molar-refractivity contribution in [3.8, 4) is 0 Å². The van der Waals surface area contributed by atoms with Gasteiger partial charge in [0.15, 0.2) is 0 Å². The van der Waals surface area contributed by atoms with E-state index in [9.17, 15) is 88.6 Å². The van der Waals surface area contributed by atoms with Crippen LogP contribution in [0.15, 0.2) is 0 Å². The minimum absolute atomic E-state index is 0.408. The fourth-order valence-corrected chi connectivity index (χ4v) is 1.61. The smallest absolute Gasteiger partial charge is 0.349 e. The molecule has 0 aliphatic rings. The first kappa shape index (κ1) is 31.7. The second-order valence-electron chi connectivity index (χ2n) is 5.95. The lowest BCUT2D eigenvalue weighted by atomic mass is 10.0. The molecule has 0 atom stereocenters. The molecule has 0 unspecified atom stereocenters. The monoisotopic (exact) mass is 552 g/mol. The third-order valence-electron chi connectivity index (χ3n) is 3.56. The zero-order valence-corrected chi connectivity index (χ0v) is 15.0. The number of alkyl halides is 18. The first-order valence-electron chi connectivity index (χ1n) is 7.52. The van der Waals surface area contributed by atoms with Crippen LogP contribution in [0.25, 0.3) is 0 Å². The minimum Gasteiger partial charge on any atom is -0.349 e. The van der Waals surface area contributed by atoms with Crippen LogP contribution in [-0.2, 0) is 9.59 Å². The van der Waals surface area contributed by atoms with Crippen LogP contribution in [0, 0.1) is 0 Å². The lowest BCUT2D eigenvalue weighted by Crippen LogP contribution is -2.66. The van der Waals surface area contributed by atoms with E-state index in [1.54, 1.807) is 0 Å². The number of hydrogen-bond acceptors (Lipinski definition) is 2. The Morgan fingerprint density at radius 1 is 0.412 bits per heavy atom. The number of carbonyl (C=O) groups excluding carboxylic acids is 2. The Balaban J connectivity index is 5.35. The predicted octanol–water partition coefficient (Wildman–Crippen LogP) is 4.16. The van der Waals surface area contributed by atoms with E-state index in [1.807, 2.05) is 0 Å². The maximum atomic E-state index is 13.2. The van der Waals surface area contributed by atoms with E-state index in [2.05, 4.69) is 0 Å². The molecule has 0 aliphatic carbocycles. The maximum absolute atomic E-state index is 13.2. The molecular formula is C12H6F18N2O2. The van der Waals surface area contributed by atoms with Crippen molar-refractivity contribution < 1.29 is 88.6 Å². The number of hydrogen-bond donors (Lipinski definition) is 2. The SMILES string of the molecule is O=C(NCCNC(=O)C(F)(F)C(F)(F)C(F)(F)C(F)(F)F)C(F)(F)C(F)(F)C(F)(F)C(F)(F)F. The highest BCUT2D eigenvalue weighted by Gasteiger charge is 2.84. The van der Waals surface area contributed by atoms with E-state index in [4.69, 9.17) is 0 Å². The van der Waals surface area contributed by atoms with Crippen LogP contribution in [0.3, 0.4) is 0 Å². The molecule has 0 rings (SSSR count). The Morgan fingerprint density at radius 3 is 0.794 bits per heavy atom. The Labute approximate surface area is 173 Å². The highest BCUT2D eigenvalue weighted by Crippen LogP contribution is 2.54. The van der Waals surface area contributed by atoms with E-state index >= 15 is 0 Å². The molecule has 0 radical (unpaired) electrons. The van der Waals surface area contributed by atoms with E-state index in [0.29, 0.717) is 10.6 Å². The first-order chi connectivity index (χ1) is 14.5. The molecule has 2 amide bonds. The average Bonchev–Trinajstić information content (AvgIpc) is 2.61. The van der Waals surface area contributed by atoms with Crippen molar-refractivity contribution in [2.75, 3.05) is 13.1 Å². The second-order valence-corrected chi connectivity index (χ2v) is 5.95. The number of nitrogens with one attached hydrogen (secondary N) is 2. The molecule has 0 bridgehead atoms. The Hall–Kier alpha value is -2.32. The van der Waals surface area contributed by atoms with Gasteiger partial charge in [0.25, 0.3) is 11.8 Å². The number of amides is 2. The highest BCUT2D eigenvalue weighted by molar-refractivity contribution is 5.86. The normalized spacial score (nSPS) is 15.2. The van der Waals surface area contributed by atoms with Gasteiger partial charge in [-0.2, -0.15) is 79.0 Å². The van der Waals surface area contributed by atoms with Crippen molar-refractivity contribution in [3.63, 3.8) is 0 Å². The van der Waals surface area contributed by atoms with Gasteiger partial charge in [-0.1, -0.05) is 0 Å². The summed E-state index contributed by atoms with van der Waals surface area (Å²) in [4.78, 5) is 21.8. The van der Waals surface area contributed by atoms with Crippen LogP contribution in [0.4, 0.5) is 79.0 Å². The van der Waals surface area contributed by atoms with Gasteiger partial charge >= 0.3 is 47.9 Å². The largest absolute Gasteiger partial charge is 0.460 e. The van der Waals surface area contributed by atoms with Crippen LogP contribution in [0.1, 0.15) is 0 Å². The summed E-state index contributed by atoms with van der Waals surface area (Å²) in [7, 11) is 0. The van der Waals surface area contributed by atoms with Gasteiger partial charge in [0.2, 0.25) is 0 Å². The number of carbonyl (C=O) groups is 2. The molecule has 34 heavy (non-hydrogen) atoms. The van der Waals surface area contributed by atoms with Gasteiger partial charge < -0.3 is 10.6 Å². The van der Waals surface area contributed by atoms with Crippen molar-refractivity contribution in [2.24, 2.45) is 0 Å². The standard InChI is InChI=1S/C12H6F18N2O2/c13-5(14,7(17,18)9(21,22)11(25,26)27)3(33)31-1-2-32-4(34)6(15,16)8(19,20)10(23,24)12(28,29)30/h1-2H2,(H,31,33)(H,32,34). The summed E-state index contributed by atoms with van der Waals surface area (Å²) in [5.74, 6) is -51.0. The molecule has 0 aromatic rings. The molecule has 2 N–H and O–H groups in total. The van der Waals surface area contributed by atoms with E-state index < -0.39 is 72.8 Å². The summed E-state index contributed by atoms with van der Waals surface area (Å²) in [6.07, 6.45) is -14.6. The quantitative estimate of drug-likeness (QED) is 0.334. The molecule has 202 valence electrons. The average molecular weight is 552 g/mol. The molecule has 0 aromatic carbocycles. The zero-order chi connectivity index (χ0) is 28.0.